The number of hydrazine groups is 1. The minimum absolute atomic E-state index is 0.0231. The first-order chi connectivity index (χ1) is 15.3. The van der Waals surface area contributed by atoms with Crippen molar-refractivity contribution in [3.63, 3.8) is 0 Å². The molecule has 0 saturated heterocycles. The standard InChI is InChI=1S/C24H31N3O4S/c1-5-6-13-30-19-10-8-18(9-11-19)23(29)25-24(32)27-26-22(28)15-31-21-14-17(4)7-12-20(21)16(2)3/h7-12,14,16H,5-6,13,15H2,1-4H3,(H,26,28)(H2,25,27,29,32). The number of carbonyl (C=O) groups excluding carboxylic acids is 2. The van der Waals surface area contributed by atoms with E-state index in [9.17, 15) is 9.59 Å². The molecular weight excluding hydrogens is 426 g/mol. The van der Waals surface area contributed by atoms with Crippen LogP contribution in [0.3, 0.4) is 0 Å². The summed E-state index contributed by atoms with van der Waals surface area (Å²) in [6.45, 7) is 8.64. The fourth-order valence-corrected chi connectivity index (χ4v) is 2.94. The number of unbranched alkanes of at least 4 members (excludes halogenated alkanes) is 1. The molecule has 2 amide bonds. The molecule has 7 nitrogen and oxygen atoms in total. The Hall–Kier alpha value is -3.13. The van der Waals surface area contributed by atoms with E-state index >= 15 is 0 Å². The van der Waals surface area contributed by atoms with E-state index in [1.165, 1.54) is 0 Å². The van der Waals surface area contributed by atoms with Gasteiger partial charge in [-0.2, -0.15) is 0 Å². The summed E-state index contributed by atoms with van der Waals surface area (Å²) in [5, 5.41) is 2.49. The Morgan fingerprint density at radius 2 is 1.75 bits per heavy atom. The number of amides is 2. The topological polar surface area (TPSA) is 88.7 Å². The van der Waals surface area contributed by atoms with Gasteiger partial charge in [0.15, 0.2) is 11.7 Å². The fourth-order valence-electron chi connectivity index (χ4n) is 2.79. The summed E-state index contributed by atoms with van der Waals surface area (Å²) in [4.78, 5) is 24.4. The van der Waals surface area contributed by atoms with Gasteiger partial charge in [-0.15, -0.1) is 0 Å². The van der Waals surface area contributed by atoms with Crippen LogP contribution in [0.25, 0.3) is 0 Å². The van der Waals surface area contributed by atoms with E-state index in [-0.39, 0.29) is 17.6 Å². The van der Waals surface area contributed by atoms with Gasteiger partial charge < -0.3 is 9.47 Å². The van der Waals surface area contributed by atoms with E-state index in [4.69, 9.17) is 21.7 Å². The summed E-state index contributed by atoms with van der Waals surface area (Å²) >= 11 is 5.07. The summed E-state index contributed by atoms with van der Waals surface area (Å²) in [7, 11) is 0. The zero-order chi connectivity index (χ0) is 23.5. The van der Waals surface area contributed by atoms with Gasteiger partial charge in [0, 0.05) is 5.56 Å². The van der Waals surface area contributed by atoms with Crippen molar-refractivity contribution in [3.05, 3.63) is 59.2 Å². The van der Waals surface area contributed by atoms with Crippen molar-refractivity contribution in [2.24, 2.45) is 0 Å². The van der Waals surface area contributed by atoms with Gasteiger partial charge in [0.2, 0.25) is 0 Å². The average molecular weight is 458 g/mol. The van der Waals surface area contributed by atoms with Crippen LogP contribution in [0.15, 0.2) is 42.5 Å². The van der Waals surface area contributed by atoms with Crippen molar-refractivity contribution in [2.45, 2.75) is 46.5 Å². The van der Waals surface area contributed by atoms with Crippen LogP contribution in [0.2, 0.25) is 0 Å². The first-order valence-corrected chi connectivity index (χ1v) is 11.1. The number of benzene rings is 2. The molecule has 0 heterocycles. The smallest absolute Gasteiger partial charge is 0.276 e. The maximum Gasteiger partial charge on any atom is 0.276 e. The first-order valence-electron chi connectivity index (χ1n) is 10.7. The SMILES string of the molecule is CCCCOc1ccc(C(=O)NC(=S)NNC(=O)COc2cc(C)ccc2C(C)C)cc1. The molecule has 2 aromatic rings. The highest BCUT2D eigenvalue weighted by atomic mass is 32.1. The molecule has 0 aliphatic heterocycles. The predicted octanol–water partition coefficient (Wildman–Crippen LogP) is 4.01. The molecule has 0 saturated carbocycles. The minimum Gasteiger partial charge on any atom is -0.494 e. The average Bonchev–Trinajstić information content (AvgIpc) is 2.76. The lowest BCUT2D eigenvalue weighted by Crippen LogP contribution is -2.49. The Bertz CT molecular complexity index is 929. The number of hydrogen-bond donors (Lipinski definition) is 3. The highest BCUT2D eigenvalue weighted by Gasteiger charge is 2.12. The second kappa shape index (κ2) is 12.7. The molecule has 0 spiro atoms. The van der Waals surface area contributed by atoms with Crippen molar-refractivity contribution in [2.75, 3.05) is 13.2 Å². The number of thiocarbonyl (C=S) groups is 1. The molecule has 0 bridgehead atoms. The molecule has 0 aliphatic carbocycles. The van der Waals surface area contributed by atoms with E-state index in [1.807, 2.05) is 25.1 Å². The van der Waals surface area contributed by atoms with Gasteiger partial charge in [0.05, 0.1) is 6.61 Å². The minimum atomic E-state index is -0.425. The van der Waals surface area contributed by atoms with Crippen LogP contribution in [-0.4, -0.2) is 30.1 Å². The highest BCUT2D eigenvalue weighted by molar-refractivity contribution is 7.80. The van der Waals surface area contributed by atoms with Crippen molar-refractivity contribution >= 4 is 29.1 Å². The summed E-state index contributed by atoms with van der Waals surface area (Å²) in [5.74, 6) is 0.831. The summed E-state index contributed by atoms with van der Waals surface area (Å²) < 4.78 is 11.3. The number of hydrogen-bond acceptors (Lipinski definition) is 5. The van der Waals surface area contributed by atoms with Crippen LogP contribution in [0.5, 0.6) is 11.5 Å². The number of rotatable bonds is 9. The third-order valence-corrected chi connectivity index (χ3v) is 4.78. The van der Waals surface area contributed by atoms with Crippen molar-refractivity contribution in [1.82, 2.24) is 16.2 Å². The van der Waals surface area contributed by atoms with Crippen LogP contribution < -0.4 is 25.6 Å². The highest BCUT2D eigenvalue weighted by Crippen LogP contribution is 2.27. The van der Waals surface area contributed by atoms with Crippen molar-refractivity contribution < 1.29 is 19.1 Å². The van der Waals surface area contributed by atoms with Crippen LogP contribution in [-0.2, 0) is 4.79 Å². The van der Waals surface area contributed by atoms with E-state index in [2.05, 4.69) is 36.9 Å². The van der Waals surface area contributed by atoms with Gasteiger partial charge in [-0.25, -0.2) is 0 Å². The largest absolute Gasteiger partial charge is 0.494 e. The molecule has 8 heteroatoms. The van der Waals surface area contributed by atoms with Gasteiger partial charge in [-0.1, -0.05) is 39.3 Å². The monoisotopic (exact) mass is 457 g/mol. The van der Waals surface area contributed by atoms with E-state index in [1.54, 1.807) is 24.3 Å². The van der Waals surface area contributed by atoms with E-state index < -0.39 is 11.8 Å². The van der Waals surface area contributed by atoms with Crippen molar-refractivity contribution in [3.8, 4) is 11.5 Å². The molecule has 0 aliphatic rings. The van der Waals surface area contributed by atoms with Gasteiger partial charge in [-0.3, -0.25) is 25.8 Å². The second-order valence-corrected chi connectivity index (χ2v) is 8.08. The Morgan fingerprint density at radius 1 is 1.03 bits per heavy atom. The molecule has 3 N–H and O–H groups in total. The quantitative estimate of drug-likeness (QED) is 0.300. The second-order valence-electron chi connectivity index (χ2n) is 7.67. The molecule has 0 aromatic heterocycles. The van der Waals surface area contributed by atoms with Crippen LogP contribution in [0.4, 0.5) is 0 Å². The van der Waals surface area contributed by atoms with Crippen LogP contribution in [0, 0.1) is 6.92 Å². The van der Waals surface area contributed by atoms with Crippen LogP contribution >= 0.6 is 12.2 Å². The summed E-state index contributed by atoms with van der Waals surface area (Å²) in [6.07, 6.45) is 2.03. The van der Waals surface area contributed by atoms with Crippen LogP contribution in [0.1, 0.15) is 61.0 Å². The Balaban J connectivity index is 1.77. The van der Waals surface area contributed by atoms with E-state index in [0.717, 1.165) is 24.0 Å². The predicted molar refractivity (Wildman–Crippen MR) is 129 cm³/mol. The molecular formula is C24H31N3O4S. The molecule has 172 valence electrons. The van der Waals surface area contributed by atoms with Gasteiger partial charge in [-0.05, 0) is 72.9 Å². The van der Waals surface area contributed by atoms with Gasteiger partial charge in [0.1, 0.15) is 11.5 Å². The first kappa shape index (κ1) is 25.1. The summed E-state index contributed by atoms with van der Waals surface area (Å²) in [5.41, 5.74) is 7.43. The number of nitrogens with one attached hydrogen (secondary N) is 3. The Labute approximate surface area is 194 Å². The molecule has 2 rings (SSSR count). The zero-order valence-electron chi connectivity index (χ0n) is 19.0. The third kappa shape index (κ3) is 8.19. The Morgan fingerprint density at radius 3 is 2.41 bits per heavy atom. The van der Waals surface area contributed by atoms with Crippen molar-refractivity contribution in [1.29, 1.82) is 0 Å². The zero-order valence-corrected chi connectivity index (χ0v) is 19.8. The molecule has 0 fully saturated rings. The normalized spacial score (nSPS) is 10.4. The summed E-state index contributed by atoms with van der Waals surface area (Å²) in [6, 6.07) is 12.7. The van der Waals surface area contributed by atoms with Gasteiger partial charge >= 0.3 is 0 Å². The Kier molecular flexibility index (Phi) is 9.94. The molecule has 32 heavy (non-hydrogen) atoms. The molecule has 0 atom stereocenters. The lowest BCUT2D eigenvalue weighted by molar-refractivity contribution is -0.123. The lowest BCUT2D eigenvalue weighted by Gasteiger charge is -2.15. The maximum atomic E-state index is 12.3. The van der Waals surface area contributed by atoms with E-state index in [0.29, 0.717) is 23.7 Å². The fraction of sp³-hybridized carbons (Fsp3) is 0.375. The molecule has 0 radical (unpaired) electrons. The number of ether oxygens (including phenoxy) is 2. The third-order valence-electron chi connectivity index (χ3n) is 4.58. The lowest BCUT2D eigenvalue weighted by atomic mass is 10.0. The number of aryl methyl sites for hydroxylation is 1. The molecule has 2 aromatic carbocycles. The number of carbonyl (C=O) groups is 2. The maximum absolute atomic E-state index is 12.3. The van der Waals surface area contributed by atoms with Gasteiger partial charge in [0.25, 0.3) is 11.8 Å². The molecule has 0 unspecified atom stereocenters.